The summed E-state index contributed by atoms with van der Waals surface area (Å²) in [7, 11) is 1.70. The molecule has 17 heavy (non-hydrogen) atoms. The van der Waals surface area contributed by atoms with Gasteiger partial charge in [-0.2, -0.15) is 0 Å². The minimum Gasteiger partial charge on any atom is -0.398 e. The first-order chi connectivity index (χ1) is 7.80. The van der Waals surface area contributed by atoms with Crippen molar-refractivity contribution in [1.82, 2.24) is 0 Å². The number of alkyl halides is 1. The van der Waals surface area contributed by atoms with Gasteiger partial charge in [0.15, 0.2) is 0 Å². The van der Waals surface area contributed by atoms with Gasteiger partial charge < -0.3 is 8.85 Å². The fourth-order valence-corrected chi connectivity index (χ4v) is 2.95. The van der Waals surface area contributed by atoms with Crippen LogP contribution in [0.1, 0.15) is 39.0 Å². The summed E-state index contributed by atoms with van der Waals surface area (Å²) in [6, 6.07) is 0. The van der Waals surface area contributed by atoms with Crippen LogP contribution in [-0.2, 0) is 8.85 Å². The molecule has 3 saturated carbocycles. The molecule has 0 amide bonds. The van der Waals surface area contributed by atoms with Crippen molar-refractivity contribution in [2.24, 2.45) is 11.8 Å². The molecule has 0 aromatic rings. The molecule has 0 spiro atoms. The molecule has 102 valence electrons. The predicted molar refractivity (Wildman–Crippen MR) is 71.1 cm³/mol. The van der Waals surface area contributed by atoms with Gasteiger partial charge in [-0.3, -0.25) is 0 Å². The molecule has 0 N–H and O–H groups in total. The largest absolute Gasteiger partial charge is 0.398 e. The number of hydrogen-bond acceptors (Lipinski definition) is 2. The molecule has 0 heterocycles. The summed E-state index contributed by atoms with van der Waals surface area (Å²) in [5.41, 5.74) is -0.804. The summed E-state index contributed by atoms with van der Waals surface area (Å²) in [5, 5.41) is 0. The maximum absolute atomic E-state index is 13.6. The summed E-state index contributed by atoms with van der Waals surface area (Å²) in [5.74, 6) is 1.12. The van der Waals surface area contributed by atoms with Crippen LogP contribution >= 0.6 is 0 Å². The van der Waals surface area contributed by atoms with E-state index in [-0.39, 0.29) is 0 Å². The molecule has 3 aliphatic carbocycles. The highest BCUT2D eigenvalue weighted by Crippen LogP contribution is 2.48. The molecule has 0 aromatic heterocycles. The van der Waals surface area contributed by atoms with Gasteiger partial charge in [-0.25, -0.2) is 4.39 Å². The predicted octanol–water partition coefficient (Wildman–Crippen LogP) is 3.91. The van der Waals surface area contributed by atoms with Gasteiger partial charge in [-0.05, 0) is 64.0 Å². The van der Waals surface area contributed by atoms with Crippen molar-refractivity contribution in [1.29, 1.82) is 0 Å². The van der Waals surface area contributed by atoms with Crippen molar-refractivity contribution in [3.63, 3.8) is 0 Å². The fourth-order valence-electron chi connectivity index (χ4n) is 2.78. The monoisotopic (exact) mass is 262 g/mol. The first kappa shape index (κ1) is 15.1. The summed E-state index contributed by atoms with van der Waals surface area (Å²) >= 11 is 0. The average Bonchev–Trinajstić information content (AvgIpc) is 2.30. The van der Waals surface area contributed by atoms with Crippen molar-refractivity contribution in [3.05, 3.63) is 0 Å². The first-order valence-corrected chi connectivity index (χ1v) is 9.41. The third-order valence-corrected chi connectivity index (χ3v) is 6.34. The molecule has 3 rings (SSSR count). The fraction of sp³-hybridized carbons (Fsp3) is 1.00. The molecular weight excluding hydrogens is 235 g/mol. The third kappa shape index (κ3) is 4.34. The highest BCUT2D eigenvalue weighted by atomic mass is 28.4. The lowest BCUT2D eigenvalue weighted by molar-refractivity contribution is -0.0168. The zero-order valence-corrected chi connectivity index (χ0v) is 12.9. The Balaban J connectivity index is 0.000000185. The van der Waals surface area contributed by atoms with E-state index in [2.05, 4.69) is 0 Å². The number of hydrogen-bond donors (Lipinski definition) is 0. The molecule has 2 bridgehead atoms. The highest BCUT2D eigenvalue weighted by Gasteiger charge is 2.44. The zero-order valence-electron chi connectivity index (χ0n) is 11.9. The molecule has 0 saturated heterocycles. The van der Waals surface area contributed by atoms with Gasteiger partial charge in [0.05, 0.1) is 0 Å². The van der Waals surface area contributed by atoms with E-state index in [0.29, 0.717) is 5.92 Å². The Morgan fingerprint density at radius 1 is 1.06 bits per heavy atom. The average molecular weight is 262 g/mol. The van der Waals surface area contributed by atoms with Crippen LogP contribution in [0.5, 0.6) is 0 Å². The molecule has 0 aliphatic heterocycles. The maximum Gasteiger partial charge on any atom is 0.331 e. The van der Waals surface area contributed by atoms with Gasteiger partial charge in [0.1, 0.15) is 5.67 Å². The van der Waals surface area contributed by atoms with E-state index in [1.807, 2.05) is 13.1 Å². The molecule has 1 unspecified atom stereocenters. The highest BCUT2D eigenvalue weighted by molar-refractivity contribution is 6.64. The Morgan fingerprint density at radius 3 is 1.65 bits per heavy atom. The zero-order chi connectivity index (χ0) is 13.1. The molecular formula is C13H27FO2Si. The Labute approximate surface area is 106 Å². The SMILES string of the molecule is CC1(F)CC2CCC1CC2.CO[Si](C)(C)OC. The van der Waals surface area contributed by atoms with E-state index >= 15 is 0 Å². The number of fused-ring (bicyclic) bond motifs is 3. The van der Waals surface area contributed by atoms with Crippen molar-refractivity contribution in [3.8, 4) is 0 Å². The quantitative estimate of drug-likeness (QED) is 0.703. The molecule has 0 aromatic carbocycles. The van der Waals surface area contributed by atoms with E-state index < -0.39 is 14.2 Å². The van der Waals surface area contributed by atoms with E-state index in [4.69, 9.17) is 8.85 Å². The Morgan fingerprint density at radius 2 is 1.53 bits per heavy atom. The smallest absolute Gasteiger partial charge is 0.331 e. The first-order valence-electron chi connectivity index (χ1n) is 6.60. The minimum absolute atomic E-state index is 0.400. The Hall–Kier alpha value is 0.0669. The van der Waals surface area contributed by atoms with Crippen LogP contribution in [0.4, 0.5) is 4.39 Å². The van der Waals surface area contributed by atoms with Crippen LogP contribution in [0.3, 0.4) is 0 Å². The van der Waals surface area contributed by atoms with Gasteiger partial charge in [-0.1, -0.05) is 0 Å². The van der Waals surface area contributed by atoms with E-state index in [1.54, 1.807) is 21.1 Å². The molecule has 2 nitrogen and oxygen atoms in total. The lowest BCUT2D eigenvalue weighted by Gasteiger charge is -2.44. The number of rotatable bonds is 2. The summed E-state index contributed by atoms with van der Waals surface area (Å²) in [6.07, 6.45) is 5.74. The second-order valence-electron chi connectivity index (χ2n) is 6.01. The van der Waals surface area contributed by atoms with Crippen LogP contribution in [0.15, 0.2) is 0 Å². The maximum atomic E-state index is 13.6. The van der Waals surface area contributed by atoms with Crippen LogP contribution in [0.2, 0.25) is 13.1 Å². The van der Waals surface area contributed by atoms with Gasteiger partial charge in [0, 0.05) is 14.2 Å². The number of halogens is 1. The standard InChI is InChI=1S/C9H15F.C4H12O2Si/c1-9(10)6-7-2-4-8(9)5-3-7;1-5-7(3,4)6-2/h7-8H,2-6H2,1H3;1-4H3. The molecule has 0 radical (unpaired) electrons. The van der Waals surface area contributed by atoms with Crippen molar-refractivity contribution < 1.29 is 13.2 Å². The van der Waals surface area contributed by atoms with Gasteiger partial charge in [0.2, 0.25) is 0 Å². The summed E-state index contributed by atoms with van der Waals surface area (Å²) in [4.78, 5) is 0. The second-order valence-corrected chi connectivity index (χ2v) is 9.62. The molecule has 1 atom stereocenters. The van der Waals surface area contributed by atoms with Crippen LogP contribution < -0.4 is 0 Å². The molecule has 3 fully saturated rings. The normalized spacial score (nSPS) is 36.4. The Bertz CT molecular complexity index is 230. The topological polar surface area (TPSA) is 18.5 Å². The van der Waals surface area contributed by atoms with E-state index in [1.165, 1.54) is 12.8 Å². The molecule has 4 heteroatoms. The van der Waals surface area contributed by atoms with Crippen LogP contribution in [0.25, 0.3) is 0 Å². The van der Waals surface area contributed by atoms with Crippen molar-refractivity contribution >= 4 is 8.56 Å². The van der Waals surface area contributed by atoms with Gasteiger partial charge in [0.25, 0.3) is 0 Å². The minimum atomic E-state index is -1.65. The van der Waals surface area contributed by atoms with Crippen LogP contribution in [-0.4, -0.2) is 28.4 Å². The molecule has 3 aliphatic rings. The van der Waals surface area contributed by atoms with Gasteiger partial charge in [-0.15, -0.1) is 0 Å². The summed E-state index contributed by atoms with van der Waals surface area (Å²) < 4.78 is 23.6. The van der Waals surface area contributed by atoms with E-state index in [9.17, 15) is 4.39 Å². The third-order valence-electron chi connectivity index (χ3n) is 4.37. The lowest BCUT2D eigenvalue weighted by atomic mass is 9.64. The Kier molecular flexibility index (Phi) is 5.16. The summed E-state index contributed by atoms with van der Waals surface area (Å²) in [6.45, 7) is 5.78. The van der Waals surface area contributed by atoms with E-state index in [0.717, 1.165) is 25.2 Å². The van der Waals surface area contributed by atoms with Gasteiger partial charge >= 0.3 is 8.56 Å². The van der Waals surface area contributed by atoms with Crippen LogP contribution in [0, 0.1) is 11.8 Å². The second kappa shape index (κ2) is 5.80. The van der Waals surface area contributed by atoms with Crippen molar-refractivity contribution in [2.75, 3.05) is 14.2 Å². The lowest BCUT2D eigenvalue weighted by Crippen LogP contribution is -2.41. The van der Waals surface area contributed by atoms with Crippen molar-refractivity contribution in [2.45, 2.75) is 57.8 Å².